The van der Waals surface area contributed by atoms with E-state index in [1.165, 1.54) is 0 Å². The number of unbranched alkanes of at least 4 members (excludes halogenated alkanes) is 4. The second-order valence-corrected chi connectivity index (χ2v) is 2.67. The first-order valence-corrected chi connectivity index (χ1v) is 5.95. The summed E-state index contributed by atoms with van der Waals surface area (Å²) in [6.45, 7) is 16.0. The summed E-state index contributed by atoms with van der Waals surface area (Å²) in [6.07, 6.45) is 16.0. The van der Waals surface area contributed by atoms with Crippen molar-refractivity contribution in [1.29, 1.82) is 0 Å². The van der Waals surface area contributed by atoms with Crippen LogP contribution in [0, 0.1) is 423 Å². The van der Waals surface area contributed by atoms with Gasteiger partial charge >= 0.3 is 0 Å². The second kappa shape index (κ2) is 183. The Kier molecular flexibility index (Phi) is 793. The van der Waals surface area contributed by atoms with Crippen LogP contribution in [0.25, 0.3) is 0 Å². The summed E-state index contributed by atoms with van der Waals surface area (Å²) < 4.78 is 0. The van der Waals surface area contributed by atoms with Crippen LogP contribution in [0.3, 0.4) is 0 Å². The van der Waals surface area contributed by atoms with Crippen LogP contribution >= 0.6 is 0 Å². The van der Waals surface area contributed by atoms with Crippen molar-refractivity contribution in [3.8, 4) is 0 Å². The number of hydrogen-bond donors (Lipinski definition) is 0. The molecule has 0 N–H and O–H groups in total. The molecule has 0 aliphatic heterocycles. The summed E-state index contributed by atoms with van der Waals surface area (Å²) in [7, 11) is 0. The molecule has 0 saturated heterocycles. The van der Waals surface area contributed by atoms with Gasteiger partial charge in [-0.25, -0.2) is 0 Å². The van der Waals surface area contributed by atoms with E-state index in [9.17, 15) is 0 Å². The molecule has 0 saturated carbocycles. The molecular formula is C23H56Tb4Yb4-4. The topological polar surface area (TPSA) is 0 Å². The van der Waals surface area contributed by atoms with Crippen LogP contribution < -0.4 is 0 Å². The first kappa shape index (κ1) is 134. The maximum Gasteiger partial charge on any atom is 0.0466 e. The monoisotopic (exact) mass is 1660 g/mol. The van der Waals surface area contributed by atoms with Gasteiger partial charge in [-0.1, -0.05) is 48.0 Å². The van der Waals surface area contributed by atoms with Crippen LogP contribution in [0.5, 0.6) is 0 Å². The summed E-state index contributed by atoms with van der Waals surface area (Å²) in [4.78, 5) is 0. The minimum Gasteiger partial charge on any atom is -0.358 e. The Morgan fingerprint density at radius 2 is 0.387 bits per heavy atom. The fourth-order valence-corrected chi connectivity index (χ4v) is 0. The quantitative estimate of drug-likeness (QED) is 0.247. The molecule has 31 heavy (non-hydrogen) atoms. The zero-order valence-corrected chi connectivity index (χ0v) is 34.4. The van der Waals surface area contributed by atoms with Crippen LogP contribution in [0.15, 0.2) is 0 Å². The smallest absolute Gasteiger partial charge is 0.0466 e. The van der Waals surface area contributed by atoms with Crippen molar-refractivity contribution in [3.63, 3.8) is 0 Å². The summed E-state index contributed by atoms with van der Waals surface area (Å²) in [6, 6.07) is 0. The minimum atomic E-state index is 0. The predicted octanol–water partition coefficient (Wildman–Crippen LogP) is 9.45. The first-order valence-electron chi connectivity index (χ1n) is 5.95. The summed E-state index contributed by atoms with van der Waals surface area (Å²) in [5, 5.41) is 0. The van der Waals surface area contributed by atoms with Crippen LogP contribution in [-0.4, -0.2) is 0 Å². The SMILES string of the molecule is C.C.C.C[CH+][CH-]C.C[CH+][CH-]C.C[CH+][CH-]C.C[CH+][CH-]C.[CH3-].[CH3-].[CH3-].[CH3-].[Tb].[Tb].[Tb].[Tb].[Yb].[Yb].[Yb].[Yb]. The van der Waals surface area contributed by atoms with Gasteiger partial charge in [-0.3, -0.25) is 0 Å². The van der Waals surface area contributed by atoms with Crippen molar-refractivity contribution in [2.45, 2.75) is 77.7 Å². The standard InChI is InChI=1S/4C4H8.3CH4.4CH3.4Tb.4Yb/c4*1-3-4-2;;;;;;;;;;;;;;;/h4*3-4H,1-2H3;3*1H4;4*1H3;;;;;;;;/q;;;;;;;4*-1;;;;;;;;. The number of rotatable bonds is 4. The predicted molar refractivity (Wildman–Crippen MR) is 126 cm³/mol. The van der Waals surface area contributed by atoms with Crippen molar-refractivity contribution >= 4 is 0 Å². The Hall–Kier alpha value is 10.7. The van der Waals surface area contributed by atoms with Crippen LogP contribution in [0.4, 0.5) is 0 Å². The van der Waals surface area contributed by atoms with E-state index in [0.717, 1.165) is 0 Å². The van der Waals surface area contributed by atoms with Crippen LogP contribution in [0.2, 0.25) is 0 Å². The van der Waals surface area contributed by atoms with Gasteiger partial charge in [0.1, 0.15) is 0 Å². The largest absolute Gasteiger partial charge is 0.358 e. The molecule has 0 unspecified atom stereocenters. The normalized spacial score (nSPS) is 3.35. The maximum atomic E-state index is 2.00. The molecule has 0 aromatic rings. The van der Waals surface area contributed by atoms with Gasteiger partial charge in [-0.15, -0.1) is 25.7 Å². The van der Waals surface area contributed by atoms with Crippen LogP contribution in [0.1, 0.15) is 77.7 Å². The Balaban J connectivity index is -0.00000000314. The Morgan fingerprint density at radius 1 is 0.355 bits per heavy atom. The summed E-state index contributed by atoms with van der Waals surface area (Å²) >= 11 is 0. The van der Waals surface area contributed by atoms with E-state index in [1.807, 2.05) is 107 Å². The first-order chi connectivity index (χ1) is 7.66. The van der Waals surface area contributed by atoms with Crippen molar-refractivity contribution < 1.29 is 342 Å². The molecule has 0 aromatic carbocycles. The molecule has 0 spiro atoms. The molecule has 0 rings (SSSR count). The van der Waals surface area contributed by atoms with Gasteiger partial charge in [0, 0.05) is 370 Å². The van der Waals surface area contributed by atoms with E-state index >= 15 is 0 Å². The van der Waals surface area contributed by atoms with Gasteiger partial charge in [0.2, 0.25) is 0 Å². The molecule has 0 fully saturated rings. The van der Waals surface area contributed by atoms with Crippen LogP contribution in [-0.2, 0) is 0 Å². The van der Waals surface area contributed by atoms with E-state index in [-0.39, 0.29) is 394 Å². The van der Waals surface area contributed by atoms with Crippen molar-refractivity contribution in [1.82, 2.24) is 0 Å². The van der Waals surface area contributed by atoms with E-state index in [4.69, 9.17) is 0 Å². The fraction of sp³-hybridized carbons (Fsp3) is 0.478. The number of hydrogen-bond acceptors (Lipinski definition) is 0. The zero-order valence-electron chi connectivity index (χ0n) is 19.0. The van der Waals surface area contributed by atoms with Crippen molar-refractivity contribution in [2.75, 3.05) is 0 Å². The average molecular weight is 1660 g/mol. The molecule has 0 aliphatic carbocycles. The zero-order chi connectivity index (χ0) is 13.7. The van der Waals surface area contributed by atoms with Gasteiger partial charge in [-0.2, -0.15) is 27.7 Å². The van der Waals surface area contributed by atoms with Crippen molar-refractivity contribution in [3.05, 3.63) is 81.1 Å². The Bertz CT molecular complexity index is 57.5. The van der Waals surface area contributed by atoms with Gasteiger partial charge in [0.05, 0.1) is 0 Å². The third kappa shape index (κ3) is 282. The van der Waals surface area contributed by atoms with Gasteiger partial charge < -0.3 is 29.7 Å². The van der Waals surface area contributed by atoms with E-state index < -0.39 is 0 Å². The van der Waals surface area contributed by atoms with Gasteiger partial charge in [-0.05, 0) is 0 Å². The molecule has 0 aromatic heterocycles. The molecule has 8 heteroatoms. The molecule has 0 aliphatic rings. The molecule has 0 bridgehead atoms. The molecular weight excluding hydrogens is 1600 g/mol. The fourth-order valence-electron chi connectivity index (χ4n) is 0. The summed E-state index contributed by atoms with van der Waals surface area (Å²) in [5.74, 6) is 0. The molecule has 0 heterocycles. The third-order valence-corrected chi connectivity index (χ3v) is 1.33. The third-order valence-electron chi connectivity index (χ3n) is 1.33. The van der Waals surface area contributed by atoms with E-state index in [1.54, 1.807) is 0 Å². The van der Waals surface area contributed by atoms with Gasteiger partial charge in [0.25, 0.3) is 0 Å². The van der Waals surface area contributed by atoms with E-state index in [2.05, 4.69) is 0 Å². The molecule has 244 valence electrons. The second-order valence-electron chi connectivity index (χ2n) is 2.67. The van der Waals surface area contributed by atoms with Gasteiger partial charge in [0.15, 0.2) is 0 Å². The molecule has 4 radical (unpaired) electrons. The molecule has 0 atom stereocenters. The maximum absolute atomic E-state index is 2.00. The molecule has 0 amide bonds. The van der Waals surface area contributed by atoms with E-state index in [0.29, 0.717) is 0 Å². The summed E-state index contributed by atoms with van der Waals surface area (Å²) in [5.41, 5.74) is 0. The average Bonchev–Trinajstić information content (AvgIpc) is 2.39. The Morgan fingerprint density at radius 3 is 0.387 bits per heavy atom. The molecule has 0 nitrogen and oxygen atoms in total. The Labute approximate surface area is 486 Å². The van der Waals surface area contributed by atoms with Crippen molar-refractivity contribution in [2.24, 2.45) is 0 Å². The minimum absolute atomic E-state index is 0.